The highest BCUT2D eigenvalue weighted by Gasteiger charge is 2.56. The predicted molar refractivity (Wildman–Crippen MR) is 78.1 cm³/mol. The molecule has 3 rings (SSSR count). The fraction of sp³-hybridized carbons (Fsp3) is 0.800. The lowest BCUT2D eigenvalue weighted by atomic mass is 9.73. The van der Waals surface area contributed by atoms with Gasteiger partial charge in [-0.15, -0.1) is 0 Å². The van der Waals surface area contributed by atoms with Crippen LogP contribution in [0.2, 0.25) is 0 Å². The summed E-state index contributed by atoms with van der Waals surface area (Å²) in [6, 6.07) is -0.563. The Morgan fingerprint density at radius 1 is 1.23 bits per heavy atom. The van der Waals surface area contributed by atoms with E-state index in [-0.39, 0.29) is 24.1 Å². The summed E-state index contributed by atoms with van der Waals surface area (Å²) in [5.74, 6) is -0.266. The predicted octanol–water partition coefficient (Wildman–Crippen LogP) is 1.52. The minimum atomic E-state index is -0.856. The van der Waals surface area contributed by atoms with Crippen molar-refractivity contribution in [3.05, 3.63) is 0 Å². The average Bonchev–Trinajstić information content (AvgIpc) is 2.60. The van der Waals surface area contributed by atoms with Crippen LogP contribution in [0.15, 0.2) is 0 Å². The highest BCUT2D eigenvalue weighted by atomic mass is 16.6. The molecule has 1 spiro atoms. The van der Waals surface area contributed by atoms with Crippen molar-refractivity contribution in [1.82, 2.24) is 15.5 Å². The molecule has 2 bridgehead atoms. The SMILES string of the molecule is CC(C)(C)OC(=O)N1C2CCCC1CC1(C2)NC(=O)NC1=O. The second-order valence-electron chi connectivity index (χ2n) is 7.52. The Morgan fingerprint density at radius 2 is 1.82 bits per heavy atom. The van der Waals surface area contributed by atoms with E-state index in [1.54, 1.807) is 4.90 Å². The van der Waals surface area contributed by atoms with Gasteiger partial charge in [-0.2, -0.15) is 0 Å². The highest BCUT2D eigenvalue weighted by molar-refractivity contribution is 6.07. The van der Waals surface area contributed by atoms with Gasteiger partial charge in [0.25, 0.3) is 5.91 Å². The van der Waals surface area contributed by atoms with Crippen LogP contribution in [0.4, 0.5) is 9.59 Å². The molecule has 3 heterocycles. The summed E-state index contributed by atoms with van der Waals surface area (Å²) in [6.45, 7) is 5.53. The molecular formula is C15H23N3O4. The molecule has 2 unspecified atom stereocenters. The lowest BCUT2D eigenvalue weighted by molar-refractivity contribution is -0.128. The van der Waals surface area contributed by atoms with Crippen molar-refractivity contribution < 1.29 is 19.1 Å². The van der Waals surface area contributed by atoms with Crippen LogP contribution < -0.4 is 10.6 Å². The van der Waals surface area contributed by atoms with Crippen molar-refractivity contribution in [3.8, 4) is 0 Å². The highest BCUT2D eigenvalue weighted by Crippen LogP contribution is 2.41. The zero-order valence-electron chi connectivity index (χ0n) is 13.3. The van der Waals surface area contributed by atoms with Crippen LogP contribution in [0.3, 0.4) is 0 Å². The molecule has 0 aromatic rings. The van der Waals surface area contributed by atoms with E-state index in [2.05, 4.69) is 10.6 Å². The molecule has 2 atom stereocenters. The van der Waals surface area contributed by atoms with Gasteiger partial charge in [-0.25, -0.2) is 9.59 Å². The zero-order valence-corrected chi connectivity index (χ0v) is 13.3. The van der Waals surface area contributed by atoms with Gasteiger partial charge in [0.1, 0.15) is 11.1 Å². The van der Waals surface area contributed by atoms with Gasteiger partial charge >= 0.3 is 12.1 Å². The third-order valence-corrected chi connectivity index (χ3v) is 4.65. The van der Waals surface area contributed by atoms with Crippen LogP contribution >= 0.6 is 0 Å². The molecule has 0 aliphatic carbocycles. The zero-order chi connectivity index (χ0) is 16.1. The standard InChI is InChI=1S/C15H23N3O4/c1-14(2,3)22-13(21)18-9-5-4-6-10(18)8-15(7-9)11(19)16-12(20)17-15/h9-10H,4-8H2,1-3H3,(H2,16,17,19,20). The van der Waals surface area contributed by atoms with E-state index in [0.717, 1.165) is 19.3 Å². The van der Waals surface area contributed by atoms with Crippen LogP contribution in [0.1, 0.15) is 52.9 Å². The normalized spacial score (nSPS) is 34.4. The number of carbonyl (C=O) groups excluding carboxylic acids is 3. The smallest absolute Gasteiger partial charge is 0.410 e. The van der Waals surface area contributed by atoms with Crippen molar-refractivity contribution in [2.45, 2.75) is 76.1 Å². The van der Waals surface area contributed by atoms with Crippen molar-refractivity contribution in [2.75, 3.05) is 0 Å². The van der Waals surface area contributed by atoms with Gasteiger partial charge in [0, 0.05) is 24.9 Å². The molecule has 4 amide bonds. The van der Waals surface area contributed by atoms with E-state index in [1.165, 1.54) is 0 Å². The van der Waals surface area contributed by atoms with Gasteiger partial charge in [0.05, 0.1) is 0 Å². The van der Waals surface area contributed by atoms with E-state index in [1.807, 2.05) is 20.8 Å². The molecular weight excluding hydrogens is 286 g/mol. The molecule has 7 heteroatoms. The Labute approximate surface area is 129 Å². The summed E-state index contributed by atoms with van der Waals surface area (Å²) in [5.41, 5.74) is -1.40. The quantitative estimate of drug-likeness (QED) is 0.664. The summed E-state index contributed by atoms with van der Waals surface area (Å²) in [5, 5.41) is 5.10. The van der Waals surface area contributed by atoms with Crippen LogP contribution in [-0.4, -0.2) is 46.2 Å². The third kappa shape index (κ3) is 2.53. The first kappa shape index (κ1) is 15.1. The van der Waals surface area contributed by atoms with E-state index in [4.69, 9.17) is 4.74 Å². The van der Waals surface area contributed by atoms with Crippen molar-refractivity contribution in [1.29, 1.82) is 0 Å². The maximum Gasteiger partial charge on any atom is 0.410 e. The third-order valence-electron chi connectivity index (χ3n) is 4.65. The molecule has 0 aromatic heterocycles. The maximum absolute atomic E-state index is 12.5. The minimum absolute atomic E-state index is 0.0634. The summed E-state index contributed by atoms with van der Waals surface area (Å²) < 4.78 is 5.51. The Hall–Kier alpha value is -1.79. The number of hydrogen-bond acceptors (Lipinski definition) is 4. The van der Waals surface area contributed by atoms with Crippen molar-refractivity contribution in [3.63, 3.8) is 0 Å². The molecule has 122 valence electrons. The number of piperidine rings is 2. The number of hydrogen-bond donors (Lipinski definition) is 2. The van der Waals surface area contributed by atoms with Gasteiger partial charge in [-0.3, -0.25) is 10.1 Å². The molecule has 3 fully saturated rings. The molecule has 7 nitrogen and oxygen atoms in total. The molecule has 2 N–H and O–H groups in total. The fourth-order valence-corrected chi connectivity index (χ4v) is 3.88. The summed E-state index contributed by atoms with van der Waals surface area (Å²) in [4.78, 5) is 38.0. The number of nitrogens with one attached hydrogen (secondary N) is 2. The van der Waals surface area contributed by atoms with E-state index in [0.29, 0.717) is 12.8 Å². The van der Waals surface area contributed by atoms with Gasteiger partial charge in [0.15, 0.2) is 0 Å². The van der Waals surface area contributed by atoms with Crippen LogP contribution in [0, 0.1) is 0 Å². The molecule has 0 saturated carbocycles. The Balaban J connectivity index is 1.81. The second kappa shape index (κ2) is 4.86. The monoisotopic (exact) mass is 309 g/mol. The lowest BCUT2D eigenvalue weighted by Gasteiger charge is -2.51. The maximum atomic E-state index is 12.5. The number of nitrogens with zero attached hydrogens (tertiary/aromatic N) is 1. The molecule has 3 aliphatic heterocycles. The van der Waals surface area contributed by atoms with Gasteiger partial charge in [0.2, 0.25) is 0 Å². The number of amides is 4. The van der Waals surface area contributed by atoms with Gasteiger partial charge in [-0.05, 0) is 40.0 Å². The molecule has 0 aromatic carbocycles. The lowest BCUT2D eigenvalue weighted by Crippen LogP contribution is -2.65. The summed E-state index contributed by atoms with van der Waals surface area (Å²) >= 11 is 0. The number of ether oxygens (including phenoxy) is 1. The summed E-state index contributed by atoms with van der Waals surface area (Å²) in [7, 11) is 0. The van der Waals surface area contributed by atoms with Crippen LogP contribution in [-0.2, 0) is 9.53 Å². The first-order chi connectivity index (χ1) is 10.2. The number of imide groups is 1. The van der Waals surface area contributed by atoms with Crippen LogP contribution in [0.5, 0.6) is 0 Å². The Kier molecular flexibility index (Phi) is 3.34. The molecule has 22 heavy (non-hydrogen) atoms. The van der Waals surface area contributed by atoms with E-state index >= 15 is 0 Å². The largest absolute Gasteiger partial charge is 0.444 e. The first-order valence-corrected chi connectivity index (χ1v) is 7.85. The van der Waals surface area contributed by atoms with Gasteiger partial charge < -0.3 is 15.0 Å². The first-order valence-electron chi connectivity index (χ1n) is 7.85. The molecule has 0 radical (unpaired) electrons. The molecule has 3 saturated heterocycles. The number of carbonyl (C=O) groups is 3. The minimum Gasteiger partial charge on any atom is -0.444 e. The van der Waals surface area contributed by atoms with Gasteiger partial charge in [-0.1, -0.05) is 0 Å². The second-order valence-corrected chi connectivity index (χ2v) is 7.52. The number of fused-ring (bicyclic) bond motifs is 2. The molecule has 3 aliphatic rings. The topological polar surface area (TPSA) is 87.7 Å². The summed E-state index contributed by atoms with van der Waals surface area (Å²) in [6.07, 6.45) is 3.30. The van der Waals surface area contributed by atoms with Crippen molar-refractivity contribution in [2.24, 2.45) is 0 Å². The fourth-order valence-electron chi connectivity index (χ4n) is 3.88. The van der Waals surface area contributed by atoms with Crippen molar-refractivity contribution >= 4 is 18.0 Å². The number of urea groups is 1. The number of rotatable bonds is 0. The van der Waals surface area contributed by atoms with E-state index in [9.17, 15) is 14.4 Å². The van der Waals surface area contributed by atoms with E-state index < -0.39 is 17.2 Å². The average molecular weight is 309 g/mol. The Morgan fingerprint density at radius 3 is 2.27 bits per heavy atom. The van der Waals surface area contributed by atoms with Crippen LogP contribution in [0.25, 0.3) is 0 Å². The Bertz CT molecular complexity index is 511.